The van der Waals surface area contributed by atoms with Crippen molar-refractivity contribution in [3.8, 4) is 0 Å². The van der Waals surface area contributed by atoms with Gasteiger partial charge in [0.05, 0.1) is 0 Å². The number of esters is 3. The summed E-state index contributed by atoms with van der Waals surface area (Å²) >= 11 is 0. The molecule has 0 aromatic carbocycles. The van der Waals surface area contributed by atoms with E-state index in [0.717, 1.165) is 103 Å². The molecule has 0 aromatic rings. The fourth-order valence-electron chi connectivity index (χ4n) is 8.42. The zero-order valence-electron chi connectivity index (χ0n) is 48.3. The van der Waals surface area contributed by atoms with Crippen molar-refractivity contribution in [2.24, 2.45) is 0 Å². The van der Waals surface area contributed by atoms with Crippen molar-refractivity contribution in [2.45, 2.75) is 290 Å². The van der Waals surface area contributed by atoms with Crippen molar-refractivity contribution in [3.63, 3.8) is 0 Å². The molecule has 0 N–H and O–H groups in total. The minimum Gasteiger partial charge on any atom is -0.462 e. The summed E-state index contributed by atoms with van der Waals surface area (Å²) in [7, 11) is 0. The Morgan fingerprint density at radius 1 is 0.284 bits per heavy atom. The number of carbonyl (C=O) groups excluding carboxylic acids is 3. The molecule has 0 fully saturated rings. The van der Waals surface area contributed by atoms with Crippen molar-refractivity contribution in [1.29, 1.82) is 0 Å². The average Bonchev–Trinajstić information content (AvgIpc) is 3.40. The fraction of sp³-hybridized carbons (Fsp3) is 0.691. The molecule has 0 saturated heterocycles. The van der Waals surface area contributed by atoms with E-state index in [1.807, 2.05) is 6.08 Å². The summed E-state index contributed by atoms with van der Waals surface area (Å²) in [5, 5.41) is 0. The topological polar surface area (TPSA) is 78.9 Å². The third-order valence-corrected chi connectivity index (χ3v) is 13.0. The summed E-state index contributed by atoms with van der Waals surface area (Å²) in [4.78, 5) is 38.3. The summed E-state index contributed by atoms with van der Waals surface area (Å²) in [6, 6.07) is 0. The molecule has 0 heterocycles. The molecule has 422 valence electrons. The summed E-state index contributed by atoms with van der Waals surface area (Å²) < 4.78 is 16.8. The van der Waals surface area contributed by atoms with Crippen LogP contribution in [0.25, 0.3) is 0 Å². The van der Waals surface area contributed by atoms with Gasteiger partial charge in [0.25, 0.3) is 0 Å². The van der Waals surface area contributed by atoms with Gasteiger partial charge in [-0.15, -0.1) is 0 Å². The lowest BCUT2D eigenvalue weighted by molar-refractivity contribution is -0.166. The van der Waals surface area contributed by atoms with Gasteiger partial charge < -0.3 is 14.2 Å². The van der Waals surface area contributed by atoms with Crippen LogP contribution in [0.5, 0.6) is 0 Å². The molecule has 1 atom stereocenters. The highest BCUT2D eigenvalue weighted by Crippen LogP contribution is 2.16. The Bertz CT molecular complexity index is 1510. The zero-order valence-corrected chi connectivity index (χ0v) is 48.3. The van der Waals surface area contributed by atoms with Crippen molar-refractivity contribution < 1.29 is 28.6 Å². The number of rotatable bonds is 55. The molecule has 6 nitrogen and oxygen atoms in total. The Kier molecular flexibility index (Phi) is 58.3. The van der Waals surface area contributed by atoms with Crippen molar-refractivity contribution in [1.82, 2.24) is 0 Å². The Morgan fingerprint density at radius 2 is 0.554 bits per heavy atom. The maximum Gasteiger partial charge on any atom is 0.306 e. The minimum absolute atomic E-state index is 0.106. The fourth-order valence-corrected chi connectivity index (χ4v) is 8.42. The SMILES string of the molecule is CC/C=C\C/C=C\C/C=C\C/C=C\C/C=C\C/C=C\CCC(=O)OCC(COC(=O)CCCCCCCCCCCCCCCCCCCC)OC(=O)CCCCCCCC/C=C\C/C=C\C/C=C\CCCCC. The summed E-state index contributed by atoms with van der Waals surface area (Å²) in [6.45, 7) is 6.45. The molecular weight excluding hydrogens is 913 g/mol. The molecule has 0 aromatic heterocycles. The zero-order chi connectivity index (χ0) is 53.6. The molecule has 0 aliphatic rings. The molecule has 0 spiro atoms. The van der Waals surface area contributed by atoms with Gasteiger partial charge in [-0.25, -0.2) is 0 Å². The van der Waals surface area contributed by atoms with E-state index >= 15 is 0 Å². The Hall–Kier alpha value is -3.93. The van der Waals surface area contributed by atoms with E-state index in [1.165, 1.54) is 135 Å². The van der Waals surface area contributed by atoms with Gasteiger partial charge in [-0.05, 0) is 96.3 Å². The van der Waals surface area contributed by atoms with E-state index in [2.05, 4.69) is 124 Å². The highest BCUT2D eigenvalue weighted by molar-refractivity contribution is 5.71. The number of unbranched alkanes of at least 4 members (excludes halogenated alkanes) is 26. The quantitative estimate of drug-likeness (QED) is 0.0261. The number of carbonyl (C=O) groups is 3. The molecule has 1 unspecified atom stereocenters. The lowest BCUT2D eigenvalue weighted by Gasteiger charge is -2.18. The van der Waals surface area contributed by atoms with Crippen LogP contribution in [-0.2, 0) is 28.6 Å². The second-order valence-electron chi connectivity index (χ2n) is 20.2. The second-order valence-corrected chi connectivity index (χ2v) is 20.2. The molecule has 0 saturated carbocycles. The molecule has 0 bridgehead atoms. The number of hydrogen-bond acceptors (Lipinski definition) is 6. The van der Waals surface area contributed by atoms with Crippen molar-refractivity contribution >= 4 is 17.9 Å². The van der Waals surface area contributed by atoms with Gasteiger partial charge >= 0.3 is 17.9 Å². The van der Waals surface area contributed by atoms with Gasteiger partial charge in [0.2, 0.25) is 0 Å². The maximum atomic E-state index is 12.9. The Morgan fingerprint density at radius 3 is 0.932 bits per heavy atom. The predicted octanol–water partition coefficient (Wildman–Crippen LogP) is 21.0. The lowest BCUT2D eigenvalue weighted by Crippen LogP contribution is -2.30. The van der Waals surface area contributed by atoms with Crippen LogP contribution in [0.3, 0.4) is 0 Å². The summed E-state index contributed by atoms with van der Waals surface area (Å²) in [6.07, 6.45) is 83.8. The van der Waals surface area contributed by atoms with E-state index in [-0.39, 0.29) is 37.5 Å². The average molecular weight is 1030 g/mol. The minimum atomic E-state index is -0.817. The first kappa shape index (κ1) is 70.1. The van der Waals surface area contributed by atoms with Gasteiger partial charge in [-0.3, -0.25) is 14.4 Å². The summed E-state index contributed by atoms with van der Waals surface area (Å²) in [5.41, 5.74) is 0. The second kappa shape index (κ2) is 61.6. The van der Waals surface area contributed by atoms with Crippen molar-refractivity contribution in [3.05, 3.63) is 109 Å². The normalized spacial score (nSPS) is 12.9. The number of ether oxygens (including phenoxy) is 3. The molecular formula is C68H114O6. The van der Waals surface area contributed by atoms with Gasteiger partial charge in [0.1, 0.15) is 13.2 Å². The Balaban J connectivity index is 4.51. The smallest absolute Gasteiger partial charge is 0.306 e. The molecule has 0 aliphatic heterocycles. The Labute approximate surface area is 457 Å². The lowest BCUT2D eigenvalue weighted by atomic mass is 10.0. The van der Waals surface area contributed by atoms with Crippen LogP contribution >= 0.6 is 0 Å². The van der Waals surface area contributed by atoms with Crippen LogP contribution in [0.4, 0.5) is 0 Å². The maximum absolute atomic E-state index is 12.9. The first-order valence-electron chi connectivity index (χ1n) is 30.9. The van der Waals surface area contributed by atoms with Gasteiger partial charge in [-0.1, -0.05) is 278 Å². The van der Waals surface area contributed by atoms with Crippen LogP contribution in [0.15, 0.2) is 109 Å². The van der Waals surface area contributed by atoms with Gasteiger partial charge in [0, 0.05) is 19.3 Å². The number of allylic oxidation sites excluding steroid dienone is 18. The van der Waals surface area contributed by atoms with Crippen LogP contribution in [0.2, 0.25) is 0 Å². The molecule has 6 heteroatoms. The van der Waals surface area contributed by atoms with E-state index in [4.69, 9.17) is 14.2 Å². The highest BCUT2D eigenvalue weighted by atomic mass is 16.6. The first-order valence-corrected chi connectivity index (χ1v) is 30.9. The molecule has 0 radical (unpaired) electrons. The predicted molar refractivity (Wildman–Crippen MR) is 320 cm³/mol. The van der Waals surface area contributed by atoms with E-state index in [1.54, 1.807) is 0 Å². The van der Waals surface area contributed by atoms with Gasteiger partial charge in [-0.2, -0.15) is 0 Å². The van der Waals surface area contributed by atoms with Crippen LogP contribution < -0.4 is 0 Å². The van der Waals surface area contributed by atoms with E-state index < -0.39 is 6.10 Å². The summed E-state index contributed by atoms with van der Waals surface area (Å²) in [5.74, 6) is -0.999. The van der Waals surface area contributed by atoms with Gasteiger partial charge in [0.15, 0.2) is 6.10 Å². The van der Waals surface area contributed by atoms with Crippen LogP contribution in [-0.4, -0.2) is 37.2 Å². The van der Waals surface area contributed by atoms with E-state index in [9.17, 15) is 14.4 Å². The number of hydrogen-bond donors (Lipinski definition) is 0. The van der Waals surface area contributed by atoms with E-state index in [0.29, 0.717) is 19.3 Å². The van der Waals surface area contributed by atoms with Crippen LogP contribution in [0, 0.1) is 0 Å². The third kappa shape index (κ3) is 59.0. The highest BCUT2D eigenvalue weighted by Gasteiger charge is 2.19. The molecule has 74 heavy (non-hydrogen) atoms. The first-order chi connectivity index (χ1) is 36.5. The molecule has 0 amide bonds. The standard InChI is InChI=1S/C68H114O6/c1-4-7-10-13-16-19-22-25-28-31-34-37-40-43-46-49-52-55-58-61-67(70)73-64-65(63-72-66(69)60-57-54-51-48-45-42-39-36-33-30-27-24-21-18-15-12-9-6-3)74-68(71)62-59-56-53-50-47-44-41-38-35-32-29-26-23-20-17-14-11-8-5-2/h7,10,16-17,19-20,25-26,28-29,34-35,37-38,43,46,52,55,65H,4-6,8-9,11-15,18,21-24,27,30-33,36,39-42,44-45,47-51,53-54,56-64H2,1-3H3/b10-7-,19-16-,20-17-,28-25-,29-26-,37-34-,38-35-,46-43-,55-52-. The largest absolute Gasteiger partial charge is 0.462 e. The van der Waals surface area contributed by atoms with Crippen molar-refractivity contribution in [2.75, 3.05) is 13.2 Å². The molecule has 0 rings (SSSR count). The monoisotopic (exact) mass is 1030 g/mol. The molecule has 0 aliphatic carbocycles. The van der Waals surface area contributed by atoms with Crippen LogP contribution in [0.1, 0.15) is 284 Å². The third-order valence-electron chi connectivity index (χ3n) is 13.0.